The molecule has 17 heavy (non-hydrogen) atoms. The van der Waals surface area contributed by atoms with Crippen LogP contribution >= 0.6 is 0 Å². The number of fused-ring (bicyclic) bond motifs is 1. The molecule has 1 heterocycles. The highest BCUT2D eigenvalue weighted by Crippen LogP contribution is 2.34. The number of benzene rings is 1. The maximum absolute atomic E-state index is 5.66. The van der Waals surface area contributed by atoms with Gasteiger partial charge in [-0.1, -0.05) is 18.9 Å². The number of hydrogen-bond acceptors (Lipinski definition) is 1. The monoisotopic (exact) mass is 229 g/mol. The third-order valence-corrected chi connectivity index (χ3v) is 3.55. The third-order valence-electron chi connectivity index (χ3n) is 3.55. The molecule has 1 fully saturated rings. The zero-order chi connectivity index (χ0) is 11.7. The number of aromatic nitrogens is 1. The van der Waals surface area contributed by atoms with Crippen LogP contribution in [0.15, 0.2) is 30.5 Å². The van der Waals surface area contributed by atoms with Crippen LogP contribution in [0.1, 0.15) is 26.2 Å². The van der Waals surface area contributed by atoms with Crippen molar-refractivity contribution in [3.05, 3.63) is 30.5 Å². The van der Waals surface area contributed by atoms with Gasteiger partial charge in [-0.3, -0.25) is 0 Å². The fourth-order valence-corrected chi connectivity index (χ4v) is 2.40. The van der Waals surface area contributed by atoms with Crippen molar-refractivity contribution in [2.24, 2.45) is 5.92 Å². The van der Waals surface area contributed by atoms with Gasteiger partial charge in [-0.2, -0.15) is 0 Å². The Morgan fingerprint density at radius 1 is 1.29 bits per heavy atom. The minimum absolute atomic E-state index is 0.729. The van der Waals surface area contributed by atoms with Crippen molar-refractivity contribution in [2.45, 2.75) is 32.7 Å². The smallest absolute Gasteiger partial charge is 0.128 e. The first-order valence-electron chi connectivity index (χ1n) is 6.59. The van der Waals surface area contributed by atoms with E-state index < -0.39 is 0 Å². The van der Waals surface area contributed by atoms with E-state index in [0.29, 0.717) is 0 Å². The van der Waals surface area contributed by atoms with Gasteiger partial charge in [0.2, 0.25) is 0 Å². The lowest BCUT2D eigenvalue weighted by Gasteiger charge is -2.07. The van der Waals surface area contributed by atoms with Gasteiger partial charge in [0.05, 0.1) is 12.1 Å². The molecule has 0 radical (unpaired) electrons. The van der Waals surface area contributed by atoms with Crippen LogP contribution in [0, 0.1) is 5.92 Å². The number of hydrogen-bond donors (Lipinski definition) is 0. The third kappa shape index (κ3) is 2.17. The summed E-state index contributed by atoms with van der Waals surface area (Å²) >= 11 is 0. The van der Waals surface area contributed by atoms with Gasteiger partial charge in [-0.05, 0) is 37.5 Å². The number of ether oxygens (including phenoxy) is 1. The lowest BCUT2D eigenvalue weighted by atomic mass is 10.2. The largest absolute Gasteiger partial charge is 0.493 e. The molecule has 1 aromatic carbocycles. The lowest BCUT2D eigenvalue weighted by Crippen LogP contribution is -1.97. The molecule has 0 atom stereocenters. The molecule has 0 saturated heterocycles. The van der Waals surface area contributed by atoms with Gasteiger partial charge in [0.15, 0.2) is 0 Å². The van der Waals surface area contributed by atoms with Gasteiger partial charge in [0.1, 0.15) is 5.75 Å². The van der Waals surface area contributed by atoms with Crippen molar-refractivity contribution in [1.29, 1.82) is 0 Å². The number of rotatable bonds is 5. The maximum atomic E-state index is 5.66. The Hall–Kier alpha value is -1.44. The molecule has 0 spiro atoms. The molecule has 2 nitrogen and oxygen atoms in total. The molecule has 1 aliphatic rings. The Balaban J connectivity index is 1.88. The number of nitrogens with zero attached hydrogens (tertiary/aromatic N) is 1. The van der Waals surface area contributed by atoms with E-state index in [1.807, 2.05) is 6.92 Å². The summed E-state index contributed by atoms with van der Waals surface area (Å²) in [7, 11) is 0. The van der Waals surface area contributed by atoms with E-state index in [4.69, 9.17) is 4.74 Å². The molecule has 0 bridgehead atoms. The van der Waals surface area contributed by atoms with Crippen LogP contribution in [0.25, 0.3) is 10.9 Å². The summed E-state index contributed by atoms with van der Waals surface area (Å²) < 4.78 is 8.01. The van der Waals surface area contributed by atoms with Crippen LogP contribution < -0.4 is 4.74 Å². The van der Waals surface area contributed by atoms with Crippen LogP contribution in [0.2, 0.25) is 0 Å². The van der Waals surface area contributed by atoms with Gasteiger partial charge in [0.25, 0.3) is 0 Å². The summed E-state index contributed by atoms with van der Waals surface area (Å²) in [5.74, 6) is 2.00. The first-order chi connectivity index (χ1) is 8.38. The highest BCUT2D eigenvalue weighted by atomic mass is 16.5. The molecule has 1 aliphatic carbocycles. The molecule has 2 aromatic rings. The SMILES string of the molecule is CCOc1cccc2c1ccn2CCC1CC1. The molecule has 3 rings (SSSR count). The van der Waals surface area contributed by atoms with Crippen molar-refractivity contribution < 1.29 is 4.74 Å². The van der Waals surface area contributed by atoms with Gasteiger partial charge in [-0.15, -0.1) is 0 Å². The van der Waals surface area contributed by atoms with E-state index in [0.717, 1.165) is 24.8 Å². The molecular weight excluding hydrogens is 210 g/mol. The van der Waals surface area contributed by atoms with E-state index in [-0.39, 0.29) is 0 Å². The average molecular weight is 229 g/mol. The second-order valence-electron chi connectivity index (χ2n) is 4.86. The quantitative estimate of drug-likeness (QED) is 0.759. The summed E-state index contributed by atoms with van der Waals surface area (Å²) in [6, 6.07) is 8.50. The van der Waals surface area contributed by atoms with E-state index in [9.17, 15) is 0 Å². The topological polar surface area (TPSA) is 14.2 Å². The van der Waals surface area contributed by atoms with Crippen molar-refractivity contribution in [3.8, 4) is 5.75 Å². The molecular formula is C15H19NO. The maximum Gasteiger partial charge on any atom is 0.128 e. The van der Waals surface area contributed by atoms with Crippen molar-refractivity contribution >= 4 is 10.9 Å². The van der Waals surface area contributed by atoms with Crippen LogP contribution in [-0.2, 0) is 6.54 Å². The van der Waals surface area contributed by atoms with Crippen molar-refractivity contribution in [3.63, 3.8) is 0 Å². The van der Waals surface area contributed by atoms with E-state index in [2.05, 4.69) is 35.0 Å². The van der Waals surface area contributed by atoms with Gasteiger partial charge in [0, 0.05) is 18.1 Å². The van der Waals surface area contributed by atoms with Crippen molar-refractivity contribution in [1.82, 2.24) is 4.57 Å². The summed E-state index contributed by atoms with van der Waals surface area (Å²) in [6.07, 6.45) is 6.38. The van der Waals surface area contributed by atoms with Gasteiger partial charge in [-0.25, -0.2) is 0 Å². The van der Waals surface area contributed by atoms with E-state index in [1.54, 1.807) is 0 Å². The summed E-state index contributed by atoms with van der Waals surface area (Å²) in [4.78, 5) is 0. The fraction of sp³-hybridized carbons (Fsp3) is 0.467. The van der Waals surface area contributed by atoms with Crippen LogP contribution in [0.5, 0.6) is 5.75 Å². The standard InChI is InChI=1S/C15H19NO/c1-2-17-15-5-3-4-14-13(15)9-11-16(14)10-8-12-6-7-12/h3-5,9,11-12H,2,6-8,10H2,1H3. The molecule has 2 heteroatoms. The van der Waals surface area contributed by atoms with Crippen LogP contribution in [0.3, 0.4) is 0 Å². The lowest BCUT2D eigenvalue weighted by molar-refractivity contribution is 0.344. The normalized spacial score (nSPS) is 15.4. The highest BCUT2D eigenvalue weighted by Gasteiger charge is 2.20. The Bertz CT molecular complexity index is 511. The summed E-state index contributed by atoms with van der Waals surface area (Å²) in [5.41, 5.74) is 1.30. The minimum atomic E-state index is 0.729. The zero-order valence-electron chi connectivity index (χ0n) is 10.4. The summed E-state index contributed by atoms with van der Waals surface area (Å²) in [6.45, 7) is 3.90. The second-order valence-corrected chi connectivity index (χ2v) is 4.86. The first-order valence-corrected chi connectivity index (χ1v) is 6.59. The van der Waals surface area contributed by atoms with Crippen LogP contribution in [0.4, 0.5) is 0 Å². The zero-order valence-corrected chi connectivity index (χ0v) is 10.4. The molecule has 0 aliphatic heterocycles. The fourth-order valence-electron chi connectivity index (χ4n) is 2.40. The van der Waals surface area contributed by atoms with Gasteiger partial charge < -0.3 is 9.30 Å². The Morgan fingerprint density at radius 3 is 2.94 bits per heavy atom. The molecule has 0 unspecified atom stereocenters. The molecule has 0 amide bonds. The Labute approximate surface area is 102 Å². The molecule has 0 N–H and O–H groups in total. The Morgan fingerprint density at radius 2 is 2.18 bits per heavy atom. The second kappa shape index (κ2) is 4.44. The average Bonchev–Trinajstić information content (AvgIpc) is 3.08. The minimum Gasteiger partial charge on any atom is -0.493 e. The summed E-state index contributed by atoms with van der Waals surface area (Å²) in [5, 5.41) is 1.24. The predicted octanol–water partition coefficient (Wildman–Crippen LogP) is 3.84. The van der Waals surface area contributed by atoms with E-state index >= 15 is 0 Å². The van der Waals surface area contributed by atoms with Crippen LogP contribution in [-0.4, -0.2) is 11.2 Å². The molecule has 90 valence electrons. The first kappa shape index (κ1) is 10.7. The van der Waals surface area contributed by atoms with Gasteiger partial charge >= 0.3 is 0 Å². The molecule has 1 saturated carbocycles. The Kier molecular flexibility index (Phi) is 2.79. The number of aryl methyl sites for hydroxylation is 1. The van der Waals surface area contributed by atoms with Crippen molar-refractivity contribution in [2.75, 3.05) is 6.61 Å². The predicted molar refractivity (Wildman–Crippen MR) is 70.4 cm³/mol. The van der Waals surface area contributed by atoms with E-state index in [1.165, 1.54) is 30.2 Å². The highest BCUT2D eigenvalue weighted by molar-refractivity contribution is 5.86. The molecule has 1 aromatic heterocycles.